The van der Waals surface area contributed by atoms with Gasteiger partial charge in [-0.3, -0.25) is 18.9 Å². The summed E-state index contributed by atoms with van der Waals surface area (Å²) in [4.78, 5) is 47.1. The molecule has 3 N–H and O–H groups in total. The van der Waals surface area contributed by atoms with Crippen molar-refractivity contribution in [3.8, 4) is 0 Å². The molecule has 0 radical (unpaired) electrons. The lowest BCUT2D eigenvalue weighted by Gasteiger charge is -2.43. The van der Waals surface area contributed by atoms with Crippen molar-refractivity contribution in [2.45, 2.75) is 12.1 Å². The van der Waals surface area contributed by atoms with Crippen molar-refractivity contribution in [1.82, 2.24) is 14.6 Å². The van der Waals surface area contributed by atoms with Gasteiger partial charge in [-0.2, -0.15) is 8.42 Å². The Morgan fingerprint density at radius 2 is 2.23 bits per heavy atom. The maximum absolute atomic E-state index is 12.6. The molecule has 30 heavy (non-hydrogen) atoms. The molecule has 0 saturated carbocycles. The van der Waals surface area contributed by atoms with E-state index in [4.69, 9.17) is 21.7 Å². The van der Waals surface area contributed by atoms with Gasteiger partial charge in [0, 0.05) is 10.3 Å². The van der Waals surface area contributed by atoms with Crippen LogP contribution in [0, 0.1) is 0 Å². The molecule has 2 atom stereocenters. The van der Waals surface area contributed by atoms with Crippen molar-refractivity contribution < 1.29 is 32.2 Å². The summed E-state index contributed by atoms with van der Waals surface area (Å²) in [5, 5.41) is 12.8. The van der Waals surface area contributed by atoms with Crippen molar-refractivity contribution in [3.05, 3.63) is 21.5 Å². The molecule has 0 spiro atoms. The largest absolute Gasteiger partial charge is 0.398 e. The highest BCUT2D eigenvalue weighted by Crippen LogP contribution is 2.24. The monoisotopic (exact) mass is 480 g/mol. The molecule has 1 aliphatic rings. The van der Waals surface area contributed by atoms with Gasteiger partial charge >= 0.3 is 10.3 Å². The van der Waals surface area contributed by atoms with Gasteiger partial charge in [0.2, 0.25) is 5.91 Å². The minimum atomic E-state index is -4.92. The second-order valence-electron chi connectivity index (χ2n) is 5.39. The molecule has 0 bridgehead atoms. The van der Waals surface area contributed by atoms with Crippen LogP contribution < -0.4 is 10.6 Å². The third-order valence-corrected chi connectivity index (χ3v) is 5.50. The van der Waals surface area contributed by atoms with Crippen LogP contribution in [0.3, 0.4) is 0 Å². The van der Waals surface area contributed by atoms with E-state index in [0.29, 0.717) is 0 Å². The van der Waals surface area contributed by atoms with Crippen LogP contribution in [0.4, 0.5) is 5.13 Å². The molecule has 1 saturated heterocycles. The maximum atomic E-state index is 12.6. The van der Waals surface area contributed by atoms with E-state index in [1.807, 2.05) is 0 Å². The molecular formula is C12H13ClN8O7S2. The summed E-state index contributed by atoms with van der Waals surface area (Å²) in [6.45, 7) is -0.533. The molecule has 162 valence electrons. The Morgan fingerprint density at radius 1 is 1.53 bits per heavy atom. The van der Waals surface area contributed by atoms with Crippen LogP contribution in [-0.2, 0) is 29.5 Å². The van der Waals surface area contributed by atoms with Crippen LogP contribution >= 0.6 is 22.9 Å². The highest BCUT2D eigenvalue weighted by atomic mass is 35.5. The smallest absolute Gasteiger partial charge is 0.362 e. The molecule has 2 unspecified atom stereocenters. The minimum absolute atomic E-state index is 0.0192. The first-order chi connectivity index (χ1) is 14.1. The molecule has 2 heterocycles. The molecule has 15 nitrogen and oxygen atoms in total. The van der Waals surface area contributed by atoms with Crippen molar-refractivity contribution in [2.24, 2.45) is 10.3 Å². The average molecular weight is 481 g/mol. The van der Waals surface area contributed by atoms with Crippen molar-refractivity contribution in [3.63, 3.8) is 0 Å². The Kier molecular flexibility index (Phi) is 7.52. The molecule has 0 aromatic carbocycles. The average Bonchev–Trinajstić information content (AvgIpc) is 3.13. The van der Waals surface area contributed by atoms with Crippen LogP contribution in [0.15, 0.2) is 15.7 Å². The first-order valence-corrected chi connectivity index (χ1v) is 10.5. The number of thiazole rings is 1. The Labute approximate surface area is 177 Å². The van der Waals surface area contributed by atoms with Crippen LogP contribution in [0.5, 0.6) is 0 Å². The number of anilines is 1. The predicted molar refractivity (Wildman–Crippen MR) is 103 cm³/mol. The normalized spacial score (nSPS) is 18.8. The zero-order valence-electron chi connectivity index (χ0n) is 14.9. The fraction of sp³-hybridized carbons (Fsp3) is 0.417. The van der Waals surface area contributed by atoms with Gasteiger partial charge in [0.15, 0.2) is 10.8 Å². The van der Waals surface area contributed by atoms with Crippen molar-refractivity contribution in [2.75, 3.05) is 24.9 Å². The van der Waals surface area contributed by atoms with Gasteiger partial charge < -0.3 is 15.5 Å². The summed E-state index contributed by atoms with van der Waals surface area (Å²) in [6, 6.07) is -2.77. The Hall–Kier alpha value is -2.98. The van der Waals surface area contributed by atoms with E-state index >= 15 is 0 Å². The summed E-state index contributed by atoms with van der Waals surface area (Å²) in [7, 11) is -3.78. The minimum Gasteiger partial charge on any atom is -0.398 e. The number of halogens is 1. The summed E-state index contributed by atoms with van der Waals surface area (Å²) >= 11 is 6.35. The molecule has 2 rings (SSSR count). The number of oxime groups is 1. The Balaban J connectivity index is 2.22. The number of azide groups is 1. The van der Waals surface area contributed by atoms with E-state index < -0.39 is 46.7 Å². The molecule has 0 aliphatic carbocycles. The SMILES string of the molecule is CON=C(C(=O)NC1C(=O)N(S(=O)(=O)O)C1CN=[N+]=[N-])c1csc(NC(=O)CCl)n1. The number of carbonyl (C=O) groups is 3. The fourth-order valence-electron chi connectivity index (χ4n) is 2.36. The number of hydrogen-bond acceptors (Lipinski definition) is 10. The summed E-state index contributed by atoms with van der Waals surface area (Å²) in [5.41, 5.74) is 8.01. The van der Waals surface area contributed by atoms with Gasteiger partial charge in [0.1, 0.15) is 24.7 Å². The van der Waals surface area contributed by atoms with Crippen molar-refractivity contribution >= 4 is 61.8 Å². The van der Waals surface area contributed by atoms with E-state index in [2.05, 4.69) is 35.6 Å². The van der Waals surface area contributed by atoms with Gasteiger partial charge in [-0.1, -0.05) is 10.3 Å². The lowest BCUT2D eigenvalue weighted by Crippen LogP contribution is -2.73. The molecule has 3 amide bonds. The molecule has 1 aliphatic heterocycles. The van der Waals surface area contributed by atoms with Crippen LogP contribution in [0.1, 0.15) is 5.69 Å². The van der Waals surface area contributed by atoms with Gasteiger partial charge in [-0.25, -0.2) is 9.29 Å². The first-order valence-electron chi connectivity index (χ1n) is 7.69. The van der Waals surface area contributed by atoms with E-state index in [1.165, 1.54) is 5.38 Å². The quantitative estimate of drug-likeness (QED) is 0.0608. The topological polar surface area (TPSA) is 216 Å². The summed E-state index contributed by atoms with van der Waals surface area (Å²) in [5.74, 6) is -2.96. The molecule has 1 aromatic heterocycles. The molecular weight excluding hydrogens is 468 g/mol. The number of hydrogen-bond donors (Lipinski definition) is 3. The highest BCUT2D eigenvalue weighted by molar-refractivity contribution is 7.84. The van der Waals surface area contributed by atoms with Crippen LogP contribution in [-0.4, -0.2) is 77.3 Å². The van der Waals surface area contributed by atoms with Gasteiger partial charge in [-0.05, 0) is 5.53 Å². The van der Waals surface area contributed by atoms with E-state index in [0.717, 1.165) is 18.4 Å². The van der Waals surface area contributed by atoms with Crippen LogP contribution in [0.2, 0.25) is 0 Å². The number of nitrogens with one attached hydrogen (secondary N) is 2. The summed E-state index contributed by atoms with van der Waals surface area (Å²) < 4.78 is 31.9. The number of nitrogens with zero attached hydrogens (tertiary/aromatic N) is 6. The van der Waals surface area contributed by atoms with E-state index in [1.54, 1.807) is 0 Å². The maximum Gasteiger partial charge on any atom is 0.362 e. The fourth-order valence-corrected chi connectivity index (χ4v) is 4.01. The number of alkyl halides is 1. The van der Waals surface area contributed by atoms with Gasteiger partial charge in [0.05, 0.1) is 12.6 Å². The van der Waals surface area contributed by atoms with Crippen LogP contribution in [0.25, 0.3) is 10.4 Å². The second-order valence-corrected chi connectivity index (χ2v) is 7.80. The highest BCUT2D eigenvalue weighted by Gasteiger charge is 2.53. The van der Waals surface area contributed by atoms with E-state index in [9.17, 15) is 22.8 Å². The van der Waals surface area contributed by atoms with E-state index in [-0.39, 0.29) is 26.7 Å². The number of β-lactam (4-membered cyclic amide) rings is 1. The Bertz CT molecular complexity index is 1040. The van der Waals surface area contributed by atoms with Crippen molar-refractivity contribution in [1.29, 1.82) is 0 Å². The lowest BCUT2D eigenvalue weighted by atomic mass is 9.98. The first kappa shape index (κ1) is 23.3. The number of amides is 3. The Morgan fingerprint density at radius 3 is 2.80 bits per heavy atom. The number of carbonyl (C=O) groups excluding carboxylic acids is 3. The lowest BCUT2D eigenvalue weighted by molar-refractivity contribution is -0.144. The molecule has 18 heteroatoms. The predicted octanol–water partition coefficient (Wildman–Crippen LogP) is -0.520. The zero-order chi connectivity index (χ0) is 22.5. The second kappa shape index (κ2) is 9.68. The third-order valence-electron chi connectivity index (χ3n) is 3.55. The standard InChI is InChI=1S/C12H13ClN8O7S2/c1-28-19-8(5-4-29-12(16-5)17-7(22)2-13)10(23)18-9-6(3-15-20-14)21(11(9)24)30(25,26)27/h4,6,9H,2-3H2,1H3,(H,18,23)(H,16,17,22)(H,25,26,27). The molecule has 1 fully saturated rings. The van der Waals surface area contributed by atoms with Gasteiger partial charge in [0.25, 0.3) is 11.8 Å². The number of rotatable bonds is 9. The zero-order valence-corrected chi connectivity index (χ0v) is 17.3. The number of aromatic nitrogens is 1. The molecule has 1 aromatic rings. The van der Waals surface area contributed by atoms with Gasteiger partial charge in [-0.15, -0.1) is 22.9 Å². The third kappa shape index (κ3) is 5.14. The summed E-state index contributed by atoms with van der Waals surface area (Å²) in [6.07, 6.45) is 0.